The van der Waals surface area contributed by atoms with Crippen molar-refractivity contribution in [2.45, 2.75) is 27.2 Å². The van der Waals surface area contributed by atoms with Gasteiger partial charge in [0.1, 0.15) is 11.2 Å². The van der Waals surface area contributed by atoms with Gasteiger partial charge in [-0.1, -0.05) is 25.1 Å². The number of hydrogen-bond acceptors (Lipinski definition) is 4. The first-order valence-corrected chi connectivity index (χ1v) is 8.84. The average Bonchev–Trinajstić information content (AvgIpc) is 3.00. The van der Waals surface area contributed by atoms with Gasteiger partial charge in [0.25, 0.3) is 0 Å². The second kappa shape index (κ2) is 6.43. The summed E-state index contributed by atoms with van der Waals surface area (Å²) in [5.41, 5.74) is 3.81. The third-order valence-corrected chi connectivity index (χ3v) is 4.60. The Morgan fingerprint density at radius 3 is 2.59 bits per heavy atom. The Hall–Kier alpha value is -3.34. The maximum atomic E-state index is 12.2. The quantitative estimate of drug-likeness (QED) is 0.511. The van der Waals surface area contributed by atoms with Gasteiger partial charge in [-0.05, 0) is 43.2 Å². The van der Waals surface area contributed by atoms with E-state index in [4.69, 9.17) is 8.83 Å². The van der Waals surface area contributed by atoms with E-state index in [1.54, 1.807) is 6.92 Å². The van der Waals surface area contributed by atoms with E-state index in [2.05, 4.69) is 5.32 Å². The van der Waals surface area contributed by atoms with Gasteiger partial charge in [-0.15, -0.1) is 0 Å². The molecule has 0 spiro atoms. The Labute approximate surface area is 155 Å². The maximum absolute atomic E-state index is 12.2. The van der Waals surface area contributed by atoms with E-state index in [1.807, 2.05) is 50.2 Å². The summed E-state index contributed by atoms with van der Waals surface area (Å²) in [6.07, 6.45) is 0.342. The molecule has 2 heterocycles. The predicted molar refractivity (Wildman–Crippen MR) is 106 cm³/mol. The molecule has 0 unspecified atom stereocenters. The number of aryl methyl sites for hydroxylation is 2. The van der Waals surface area contributed by atoms with Crippen molar-refractivity contribution in [3.05, 3.63) is 64.0 Å². The van der Waals surface area contributed by atoms with Crippen molar-refractivity contribution in [2.75, 3.05) is 5.32 Å². The minimum Gasteiger partial charge on any atom is -0.454 e. The molecule has 0 bridgehead atoms. The first-order chi connectivity index (χ1) is 13.0. The molecule has 1 N–H and O–H groups in total. The number of furan rings is 1. The summed E-state index contributed by atoms with van der Waals surface area (Å²) in [7, 11) is 0. The lowest BCUT2D eigenvalue weighted by Crippen LogP contribution is -2.10. The van der Waals surface area contributed by atoms with Crippen molar-refractivity contribution in [3.63, 3.8) is 0 Å². The first kappa shape index (κ1) is 17.1. The summed E-state index contributed by atoms with van der Waals surface area (Å²) in [4.78, 5) is 24.3. The third-order valence-electron chi connectivity index (χ3n) is 4.60. The van der Waals surface area contributed by atoms with Gasteiger partial charge in [-0.25, -0.2) is 4.79 Å². The lowest BCUT2D eigenvalue weighted by Gasteiger charge is -2.09. The normalized spacial score (nSPS) is 11.2. The lowest BCUT2D eigenvalue weighted by molar-refractivity contribution is -0.115. The van der Waals surface area contributed by atoms with Gasteiger partial charge in [-0.2, -0.15) is 0 Å². The van der Waals surface area contributed by atoms with E-state index < -0.39 is 5.63 Å². The van der Waals surface area contributed by atoms with Crippen LogP contribution < -0.4 is 10.9 Å². The molecule has 0 aliphatic carbocycles. The molecule has 0 radical (unpaired) electrons. The minimum absolute atomic E-state index is 0.123. The van der Waals surface area contributed by atoms with Crippen LogP contribution in [0.5, 0.6) is 0 Å². The number of rotatable bonds is 3. The van der Waals surface area contributed by atoms with Crippen LogP contribution in [0.1, 0.15) is 24.5 Å². The SMILES string of the molecule is CCC(=O)Nc1c(-c2cc(=O)oc3c(C)cc(C)cc23)oc2ccccc12. The number of carbonyl (C=O) groups is 1. The molecule has 0 fully saturated rings. The van der Waals surface area contributed by atoms with Crippen LogP contribution in [0.4, 0.5) is 5.69 Å². The Kier molecular flexibility index (Phi) is 4.07. The fourth-order valence-electron chi connectivity index (χ4n) is 3.39. The topological polar surface area (TPSA) is 72.5 Å². The number of carbonyl (C=O) groups excluding carboxylic acids is 1. The second-order valence-corrected chi connectivity index (χ2v) is 6.64. The van der Waals surface area contributed by atoms with E-state index in [1.165, 1.54) is 6.07 Å². The predicted octanol–water partition coefficient (Wildman–Crippen LogP) is 5.17. The largest absolute Gasteiger partial charge is 0.454 e. The van der Waals surface area contributed by atoms with E-state index in [0.717, 1.165) is 21.9 Å². The van der Waals surface area contributed by atoms with Gasteiger partial charge >= 0.3 is 5.63 Å². The number of amides is 1. The summed E-state index contributed by atoms with van der Waals surface area (Å²) in [5.74, 6) is 0.336. The highest BCUT2D eigenvalue weighted by Crippen LogP contribution is 2.41. The standard InChI is InChI=1S/C22H19NO4/c1-4-18(24)23-20-14-7-5-6-8-17(14)26-22(20)16-11-19(25)27-21-13(3)9-12(2)10-15(16)21/h5-11H,4H2,1-3H3,(H,23,24). The molecular formula is C22H19NO4. The van der Waals surface area contributed by atoms with E-state index >= 15 is 0 Å². The van der Waals surface area contributed by atoms with Crippen molar-refractivity contribution in [2.24, 2.45) is 0 Å². The third kappa shape index (κ3) is 2.91. The van der Waals surface area contributed by atoms with Crippen LogP contribution in [0.3, 0.4) is 0 Å². The Morgan fingerprint density at radius 1 is 1.04 bits per heavy atom. The summed E-state index contributed by atoms with van der Waals surface area (Å²) in [5, 5.41) is 4.50. The molecule has 0 saturated carbocycles. The molecule has 0 aliphatic heterocycles. The van der Waals surface area contributed by atoms with Crippen molar-refractivity contribution in [1.82, 2.24) is 0 Å². The average molecular weight is 361 g/mol. The van der Waals surface area contributed by atoms with Crippen LogP contribution >= 0.6 is 0 Å². The van der Waals surface area contributed by atoms with E-state index in [0.29, 0.717) is 34.6 Å². The zero-order valence-electron chi connectivity index (χ0n) is 15.4. The summed E-state index contributed by atoms with van der Waals surface area (Å²) < 4.78 is 11.5. The number of anilines is 1. The van der Waals surface area contributed by atoms with Crippen LogP contribution in [-0.4, -0.2) is 5.91 Å². The molecule has 136 valence electrons. The number of benzene rings is 2. The first-order valence-electron chi connectivity index (χ1n) is 8.84. The maximum Gasteiger partial charge on any atom is 0.336 e. The fourth-order valence-corrected chi connectivity index (χ4v) is 3.39. The molecule has 5 heteroatoms. The van der Waals surface area contributed by atoms with E-state index in [-0.39, 0.29) is 5.91 Å². The van der Waals surface area contributed by atoms with Crippen LogP contribution in [0.15, 0.2) is 56.1 Å². The summed E-state index contributed by atoms with van der Waals surface area (Å²) >= 11 is 0. The molecule has 4 aromatic rings. The molecule has 2 aromatic heterocycles. The van der Waals surface area contributed by atoms with Crippen molar-refractivity contribution in [3.8, 4) is 11.3 Å². The van der Waals surface area contributed by atoms with Crippen molar-refractivity contribution in [1.29, 1.82) is 0 Å². The molecular weight excluding hydrogens is 342 g/mol. The highest BCUT2D eigenvalue weighted by Gasteiger charge is 2.21. The zero-order chi connectivity index (χ0) is 19.1. The Balaban J connectivity index is 2.10. The van der Waals surface area contributed by atoms with Gasteiger partial charge in [-0.3, -0.25) is 4.79 Å². The smallest absolute Gasteiger partial charge is 0.336 e. The van der Waals surface area contributed by atoms with Gasteiger partial charge in [0.15, 0.2) is 5.76 Å². The fraction of sp³-hybridized carbons (Fsp3) is 0.182. The molecule has 0 saturated heterocycles. The zero-order valence-corrected chi connectivity index (χ0v) is 15.4. The number of hydrogen-bond donors (Lipinski definition) is 1. The Bertz CT molecular complexity index is 1250. The van der Waals surface area contributed by atoms with Gasteiger partial charge in [0.2, 0.25) is 5.91 Å². The highest BCUT2D eigenvalue weighted by atomic mass is 16.4. The molecule has 2 aromatic carbocycles. The van der Waals surface area contributed by atoms with Gasteiger partial charge in [0.05, 0.1) is 5.69 Å². The highest BCUT2D eigenvalue weighted by molar-refractivity contribution is 6.09. The molecule has 27 heavy (non-hydrogen) atoms. The van der Waals surface area contributed by atoms with Crippen molar-refractivity contribution < 1.29 is 13.6 Å². The number of fused-ring (bicyclic) bond motifs is 2. The van der Waals surface area contributed by atoms with Gasteiger partial charge in [0, 0.05) is 28.8 Å². The molecule has 1 amide bonds. The molecule has 0 atom stereocenters. The van der Waals surface area contributed by atoms with Gasteiger partial charge < -0.3 is 14.2 Å². The summed E-state index contributed by atoms with van der Waals surface area (Å²) in [6.45, 7) is 5.68. The van der Waals surface area contributed by atoms with Crippen molar-refractivity contribution >= 4 is 33.5 Å². The summed E-state index contributed by atoms with van der Waals surface area (Å²) in [6, 6.07) is 12.8. The van der Waals surface area contributed by atoms with Crippen LogP contribution in [0, 0.1) is 13.8 Å². The minimum atomic E-state index is -0.460. The van der Waals surface area contributed by atoms with Crippen LogP contribution in [0.25, 0.3) is 33.3 Å². The molecule has 4 rings (SSSR count). The Morgan fingerprint density at radius 2 is 1.81 bits per heavy atom. The van der Waals surface area contributed by atoms with E-state index in [9.17, 15) is 9.59 Å². The van der Waals surface area contributed by atoms with Crippen LogP contribution in [-0.2, 0) is 4.79 Å². The molecule has 0 aliphatic rings. The lowest BCUT2D eigenvalue weighted by atomic mass is 10.0. The second-order valence-electron chi connectivity index (χ2n) is 6.64. The molecule has 5 nitrogen and oxygen atoms in total. The monoisotopic (exact) mass is 361 g/mol. The number of nitrogens with one attached hydrogen (secondary N) is 1. The van der Waals surface area contributed by atoms with Crippen LogP contribution in [0.2, 0.25) is 0 Å². The number of para-hydroxylation sites is 1.